The second-order valence-electron chi connectivity index (χ2n) is 7.96. The smallest absolute Gasteiger partial charge is 0.348 e. The van der Waals surface area contributed by atoms with E-state index in [2.05, 4.69) is 5.32 Å². The molecule has 0 saturated heterocycles. The van der Waals surface area contributed by atoms with Gasteiger partial charge in [-0.3, -0.25) is 19.3 Å². The molecule has 1 N–H and O–H groups in total. The molecule has 0 fully saturated rings. The second-order valence-corrected chi connectivity index (χ2v) is 8.98. The van der Waals surface area contributed by atoms with Crippen LogP contribution in [0.1, 0.15) is 51.9 Å². The summed E-state index contributed by atoms with van der Waals surface area (Å²) in [6.45, 7) is 1.54. The van der Waals surface area contributed by atoms with Crippen molar-refractivity contribution >= 4 is 46.0 Å². The Morgan fingerprint density at radius 1 is 0.889 bits per heavy atom. The molecule has 2 heterocycles. The van der Waals surface area contributed by atoms with E-state index in [9.17, 15) is 24.0 Å². The van der Waals surface area contributed by atoms with Crippen molar-refractivity contribution in [3.63, 3.8) is 0 Å². The predicted molar refractivity (Wildman–Crippen MR) is 131 cm³/mol. The van der Waals surface area contributed by atoms with Crippen LogP contribution in [0.4, 0.5) is 5.00 Å². The molecule has 36 heavy (non-hydrogen) atoms. The number of hydrogen-bond acceptors (Lipinski definition) is 8. The fraction of sp³-hybridized carbons (Fsp3) is 0.192. The monoisotopic (exact) mass is 506 g/mol. The van der Waals surface area contributed by atoms with Crippen molar-refractivity contribution in [2.24, 2.45) is 0 Å². The van der Waals surface area contributed by atoms with Crippen LogP contribution in [0, 0.1) is 6.92 Å². The first-order valence-corrected chi connectivity index (χ1v) is 11.7. The number of esters is 2. The van der Waals surface area contributed by atoms with E-state index in [0.717, 1.165) is 21.8 Å². The molecule has 3 aromatic rings. The maximum Gasteiger partial charge on any atom is 0.348 e. The maximum atomic E-state index is 13.7. The molecule has 4 rings (SSSR count). The third kappa shape index (κ3) is 4.38. The molecular weight excluding hydrogens is 484 g/mol. The molecule has 0 saturated carbocycles. The Kier molecular flexibility index (Phi) is 6.98. The minimum Gasteiger partial charge on any atom is -0.465 e. The van der Waals surface area contributed by atoms with E-state index in [1.165, 1.54) is 33.3 Å². The predicted octanol–water partition coefficient (Wildman–Crippen LogP) is 3.48. The molecule has 9 nitrogen and oxygen atoms in total. The van der Waals surface area contributed by atoms with Crippen LogP contribution >= 0.6 is 11.3 Å². The SMILES string of the molecule is COC(=O)c1sc(NC(=O)C(Cc2ccccc2)N2C(=O)c3ccccc3C2=O)c(C(=O)OC)c1C. The Morgan fingerprint density at radius 3 is 2.00 bits per heavy atom. The first kappa shape index (κ1) is 24.8. The molecule has 184 valence electrons. The van der Waals surface area contributed by atoms with E-state index in [1.54, 1.807) is 36.4 Å². The molecule has 10 heteroatoms. The maximum absolute atomic E-state index is 13.7. The average Bonchev–Trinajstić information content (AvgIpc) is 3.35. The van der Waals surface area contributed by atoms with Gasteiger partial charge in [-0.2, -0.15) is 0 Å². The second kappa shape index (κ2) is 10.1. The van der Waals surface area contributed by atoms with Gasteiger partial charge in [-0.1, -0.05) is 42.5 Å². The molecule has 1 atom stereocenters. The highest BCUT2D eigenvalue weighted by Gasteiger charge is 2.43. The van der Waals surface area contributed by atoms with Gasteiger partial charge in [-0.15, -0.1) is 11.3 Å². The minimum absolute atomic E-state index is 0.00271. The van der Waals surface area contributed by atoms with Gasteiger partial charge in [0.15, 0.2) is 0 Å². The lowest BCUT2D eigenvalue weighted by molar-refractivity contribution is -0.119. The fourth-order valence-electron chi connectivity index (χ4n) is 4.06. The van der Waals surface area contributed by atoms with Crippen molar-refractivity contribution in [1.82, 2.24) is 4.90 Å². The fourth-order valence-corrected chi connectivity index (χ4v) is 5.18. The van der Waals surface area contributed by atoms with Gasteiger partial charge < -0.3 is 14.8 Å². The molecule has 1 aromatic heterocycles. The van der Waals surface area contributed by atoms with E-state index in [0.29, 0.717) is 0 Å². The van der Waals surface area contributed by atoms with Crippen LogP contribution < -0.4 is 5.32 Å². The standard InChI is InChI=1S/C26H22N2O7S/c1-14-19(25(32)34-2)22(36-20(14)26(33)35-3)27-21(29)18(13-15-9-5-4-6-10-15)28-23(30)16-11-7-8-12-17(16)24(28)31/h4-12,18H,13H2,1-3H3,(H,27,29). The highest BCUT2D eigenvalue weighted by atomic mass is 32.1. The number of imide groups is 1. The first-order chi connectivity index (χ1) is 17.3. The molecule has 0 radical (unpaired) electrons. The topological polar surface area (TPSA) is 119 Å². The Hall–Kier alpha value is -4.31. The first-order valence-electron chi connectivity index (χ1n) is 10.9. The van der Waals surface area contributed by atoms with E-state index in [-0.39, 0.29) is 38.6 Å². The number of nitrogens with one attached hydrogen (secondary N) is 1. The number of methoxy groups -OCH3 is 2. The largest absolute Gasteiger partial charge is 0.465 e. The zero-order valence-corrected chi connectivity index (χ0v) is 20.5. The molecule has 3 amide bonds. The number of carbonyl (C=O) groups excluding carboxylic acids is 5. The summed E-state index contributed by atoms with van der Waals surface area (Å²) < 4.78 is 9.63. The Labute approximate surface area is 210 Å². The van der Waals surface area contributed by atoms with Crippen molar-refractivity contribution in [3.8, 4) is 0 Å². The number of thiophene rings is 1. The number of rotatable bonds is 7. The number of benzene rings is 2. The lowest BCUT2D eigenvalue weighted by Crippen LogP contribution is -2.48. The van der Waals surface area contributed by atoms with Crippen molar-refractivity contribution in [1.29, 1.82) is 0 Å². The third-order valence-corrected chi connectivity index (χ3v) is 7.04. The Morgan fingerprint density at radius 2 is 1.44 bits per heavy atom. The third-order valence-electron chi connectivity index (χ3n) is 5.86. The van der Waals surface area contributed by atoms with Crippen molar-refractivity contribution in [3.05, 3.63) is 87.3 Å². The zero-order valence-electron chi connectivity index (χ0n) is 19.7. The minimum atomic E-state index is -1.23. The highest BCUT2D eigenvalue weighted by molar-refractivity contribution is 7.18. The van der Waals surface area contributed by atoms with Crippen LogP contribution in [-0.2, 0) is 20.7 Å². The van der Waals surface area contributed by atoms with Crippen molar-refractivity contribution in [2.75, 3.05) is 19.5 Å². The Balaban J connectivity index is 1.74. The summed E-state index contributed by atoms with van der Waals surface area (Å²) in [6.07, 6.45) is 0.0416. The summed E-state index contributed by atoms with van der Waals surface area (Å²) in [6, 6.07) is 14.1. The van der Waals surface area contributed by atoms with Gasteiger partial charge in [0, 0.05) is 6.42 Å². The lowest BCUT2D eigenvalue weighted by atomic mass is 10.0. The average molecular weight is 507 g/mol. The summed E-state index contributed by atoms with van der Waals surface area (Å²) in [5.41, 5.74) is 1.43. The molecule has 1 aliphatic heterocycles. The number of carbonyl (C=O) groups is 5. The van der Waals surface area contributed by atoms with E-state index in [1.807, 2.05) is 6.07 Å². The van der Waals surface area contributed by atoms with Gasteiger partial charge in [-0.25, -0.2) is 9.59 Å². The summed E-state index contributed by atoms with van der Waals surface area (Å²) in [7, 11) is 2.38. The number of amides is 3. The van der Waals surface area contributed by atoms with Gasteiger partial charge in [0.25, 0.3) is 11.8 Å². The summed E-state index contributed by atoms with van der Waals surface area (Å²) in [5, 5.41) is 2.71. The quantitative estimate of drug-likeness (QED) is 0.385. The number of nitrogens with zero attached hydrogens (tertiary/aromatic N) is 1. The lowest BCUT2D eigenvalue weighted by Gasteiger charge is -2.25. The molecule has 2 aromatic carbocycles. The van der Waals surface area contributed by atoms with Crippen molar-refractivity contribution in [2.45, 2.75) is 19.4 Å². The summed E-state index contributed by atoms with van der Waals surface area (Å²) in [5.74, 6) is -3.30. The van der Waals surface area contributed by atoms with Crippen LogP contribution in [0.3, 0.4) is 0 Å². The number of fused-ring (bicyclic) bond motifs is 1. The zero-order chi connectivity index (χ0) is 26.0. The van der Waals surface area contributed by atoms with E-state index < -0.39 is 35.7 Å². The number of anilines is 1. The summed E-state index contributed by atoms with van der Waals surface area (Å²) in [4.78, 5) is 65.8. The van der Waals surface area contributed by atoms with Gasteiger partial charge in [0.05, 0.1) is 30.9 Å². The molecule has 0 aliphatic carbocycles. The van der Waals surface area contributed by atoms with Crippen molar-refractivity contribution < 1.29 is 33.4 Å². The van der Waals surface area contributed by atoms with E-state index in [4.69, 9.17) is 9.47 Å². The molecular formula is C26H22N2O7S. The Bertz CT molecular complexity index is 1350. The number of ether oxygens (including phenoxy) is 2. The normalized spacial score (nSPS) is 13.2. The van der Waals surface area contributed by atoms with Crippen LogP contribution in [0.2, 0.25) is 0 Å². The molecule has 1 unspecified atom stereocenters. The number of hydrogen-bond donors (Lipinski definition) is 1. The molecule has 0 spiro atoms. The highest BCUT2D eigenvalue weighted by Crippen LogP contribution is 2.35. The van der Waals surface area contributed by atoms with Crippen LogP contribution in [0.25, 0.3) is 0 Å². The van der Waals surface area contributed by atoms with Gasteiger partial charge in [-0.05, 0) is 30.2 Å². The van der Waals surface area contributed by atoms with Gasteiger partial charge in [0.1, 0.15) is 15.9 Å². The van der Waals surface area contributed by atoms with Crippen LogP contribution in [0.5, 0.6) is 0 Å². The van der Waals surface area contributed by atoms with Crippen LogP contribution in [-0.4, -0.2) is 54.8 Å². The summed E-state index contributed by atoms with van der Waals surface area (Å²) >= 11 is 0.850. The van der Waals surface area contributed by atoms with Gasteiger partial charge >= 0.3 is 11.9 Å². The van der Waals surface area contributed by atoms with Gasteiger partial charge in [0.2, 0.25) is 5.91 Å². The van der Waals surface area contributed by atoms with E-state index >= 15 is 0 Å². The molecule has 1 aliphatic rings. The van der Waals surface area contributed by atoms with Crippen LogP contribution in [0.15, 0.2) is 54.6 Å². The molecule has 0 bridgehead atoms.